The molecule has 0 rings (SSSR count). The number of nitrogens with one attached hydrogen (secondary N) is 1. The molecule has 0 aliphatic rings. The molecule has 0 amide bonds. The van der Waals surface area contributed by atoms with Crippen molar-refractivity contribution in [2.75, 3.05) is 27.9 Å². The molecule has 0 saturated carbocycles. The van der Waals surface area contributed by atoms with Crippen molar-refractivity contribution >= 4 is 0 Å². The van der Waals surface area contributed by atoms with E-state index in [1.807, 2.05) is 7.05 Å². The van der Waals surface area contributed by atoms with Gasteiger partial charge in [0.05, 0.1) is 6.10 Å². The molecule has 0 heterocycles. The van der Waals surface area contributed by atoms with Gasteiger partial charge in [0.2, 0.25) is 0 Å². The summed E-state index contributed by atoms with van der Waals surface area (Å²) in [5, 5.41) is 3.32. The summed E-state index contributed by atoms with van der Waals surface area (Å²) in [5.41, 5.74) is 0. The van der Waals surface area contributed by atoms with E-state index >= 15 is 0 Å². The number of hydrogen-bond acceptors (Lipinski definition) is 3. The van der Waals surface area contributed by atoms with E-state index in [0.717, 1.165) is 25.9 Å². The molecule has 3 heteroatoms. The van der Waals surface area contributed by atoms with Crippen molar-refractivity contribution in [1.82, 2.24) is 5.32 Å². The van der Waals surface area contributed by atoms with Crippen LogP contribution in [0.25, 0.3) is 0 Å². The molecule has 0 bridgehead atoms. The van der Waals surface area contributed by atoms with E-state index in [4.69, 9.17) is 9.47 Å². The average molecular weight is 203 g/mol. The summed E-state index contributed by atoms with van der Waals surface area (Å²) >= 11 is 0. The molecule has 0 saturated heterocycles. The van der Waals surface area contributed by atoms with Crippen LogP contribution >= 0.6 is 0 Å². The first-order chi connectivity index (χ1) is 6.79. The van der Waals surface area contributed by atoms with Crippen LogP contribution in [0.5, 0.6) is 0 Å². The zero-order chi connectivity index (χ0) is 10.8. The summed E-state index contributed by atoms with van der Waals surface area (Å²) in [5.74, 6) is 0. The van der Waals surface area contributed by atoms with Crippen LogP contribution in [0.1, 0.15) is 32.6 Å². The summed E-state index contributed by atoms with van der Waals surface area (Å²) in [7, 11) is 5.54. The third-order valence-electron chi connectivity index (χ3n) is 2.56. The lowest BCUT2D eigenvalue weighted by Gasteiger charge is -2.25. The van der Waals surface area contributed by atoms with Gasteiger partial charge in [-0.2, -0.15) is 0 Å². The Morgan fingerprint density at radius 3 is 2.36 bits per heavy atom. The van der Waals surface area contributed by atoms with Crippen LogP contribution in [0.2, 0.25) is 0 Å². The highest BCUT2D eigenvalue weighted by molar-refractivity contribution is 4.75. The maximum absolute atomic E-state index is 5.47. The van der Waals surface area contributed by atoms with Gasteiger partial charge >= 0.3 is 0 Å². The topological polar surface area (TPSA) is 30.5 Å². The van der Waals surface area contributed by atoms with E-state index < -0.39 is 0 Å². The second-order valence-corrected chi connectivity index (χ2v) is 3.59. The Bertz CT molecular complexity index is 120. The Morgan fingerprint density at radius 1 is 1.21 bits per heavy atom. The first-order valence-corrected chi connectivity index (χ1v) is 5.49. The third kappa shape index (κ3) is 5.58. The molecule has 0 aromatic carbocycles. The van der Waals surface area contributed by atoms with Crippen LogP contribution in [-0.2, 0) is 9.47 Å². The maximum atomic E-state index is 5.47. The van der Waals surface area contributed by atoms with Crippen LogP contribution in [0, 0.1) is 0 Å². The van der Waals surface area contributed by atoms with Gasteiger partial charge in [0.15, 0.2) is 0 Å². The number of hydrogen-bond donors (Lipinski definition) is 1. The fraction of sp³-hybridized carbons (Fsp3) is 1.00. The van der Waals surface area contributed by atoms with Gasteiger partial charge in [0, 0.05) is 26.9 Å². The van der Waals surface area contributed by atoms with Crippen LogP contribution in [0.4, 0.5) is 0 Å². The van der Waals surface area contributed by atoms with Gasteiger partial charge in [0.1, 0.15) is 0 Å². The normalized spacial score (nSPS) is 15.4. The first-order valence-electron chi connectivity index (χ1n) is 5.49. The largest absolute Gasteiger partial charge is 0.385 e. The highest BCUT2D eigenvalue weighted by Gasteiger charge is 2.17. The average Bonchev–Trinajstić information content (AvgIpc) is 2.22. The lowest BCUT2D eigenvalue weighted by atomic mass is 10.0. The molecule has 14 heavy (non-hydrogen) atoms. The maximum Gasteiger partial charge on any atom is 0.0724 e. The highest BCUT2D eigenvalue weighted by Crippen LogP contribution is 2.11. The SMILES string of the molecule is CCCC(OC)C(CCCOC)NC. The number of likely N-dealkylation sites (N-methyl/N-ethyl adjacent to an activating group) is 1. The van der Waals surface area contributed by atoms with Crippen molar-refractivity contribution in [3.05, 3.63) is 0 Å². The van der Waals surface area contributed by atoms with E-state index in [0.29, 0.717) is 12.1 Å². The van der Waals surface area contributed by atoms with Crippen molar-refractivity contribution in [2.24, 2.45) is 0 Å². The minimum Gasteiger partial charge on any atom is -0.385 e. The predicted molar refractivity (Wildman–Crippen MR) is 59.7 cm³/mol. The van der Waals surface area contributed by atoms with Crippen LogP contribution in [0.15, 0.2) is 0 Å². The van der Waals surface area contributed by atoms with Gasteiger partial charge in [-0.15, -0.1) is 0 Å². The van der Waals surface area contributed by atoms with E-state index in [-0.39, 0.29) is 0 Å². The molecular formula is C11H25NO2. The smallest absolute Gasteiger partial charge is 0.0724 e. The van der Waals surface area contributed by atoms with Crippen molar-refractivity contribution in [3.63, 3.8) is 0 Å². The van der Waals surface area contributed by atoms with E-state index in [1.54, 1.807) is 14.2 Å². The van der Waals surface area contributed by atoms with Crippen molar-refractivity contribution in [1.29, 1.82) is 0 Å². The minimum absolute atomic E-state index is 0.335. The van der Waals surface area contributed by atoms with E-state index in [2.05, 4.69) is 12.2 Å². The standard InChI is InChI=1S/C11H25NO2/c1-5-7-11(14-4)10(12-2)8-6-9-13-3/h10-12H,5-9H2,1-4H3. The van der Waals surface area contributed by atoms with Gasteiger partial charge < -0.3 is 14.8 Å². The molecule has 3 nitrogen and oxygen atoms in total. The molecule has 0 aromatic rings. The molecule has 0 radical (unpaired) electrons. The Labute approximate surface area is 88.2 Å². The Balaban J connectivity index is 3.81. The van der Waals surface area contributed by atoms with Gasteiger partial charge in [-0.1, -0.05) is 13.3 Å². The Morgan fingerprint density at radius 2 is 1.93 bits per heavy atom. The summed E-state index contributed by atoms with van der Waals surface area (Å²) < 4.78 is 10.5. The monoisotopic (exact) mass is 203 g/mol. The molecule has 2 atom stereocenters. The van der Waals surface area contributed by atoms with E-state index in [1.165, 1.54) is 6.42 Å². The molecular weight excluding hydrogens is 178 g/mol. The quantitative estimate of drug-likeness (QED) is 0.580. The van der Waals surface area contributed by atoms with Crippen LogP contribution < -0.4 is 5.32 Å². The minimum atomic E-state index is 0.335. The highest BCUT2D eigenvalue weighted by atomic mass is 16.5. The van der Waals surface area contributed by atoms with Gasteiger partial charge in [-0.25, -0.2) is 0 Å². The fourth-order valence-electron chi connectivity index (χ4n) is 1.73. The zero-order valence-corrected chi connectivity index (χ0v) is 10.0. The summed E-state index contributed by atoms with van der Waals surface area (Å²) in [6, 6.07) is 0.454. The fourth-order valence-corrected chi connectivity index (χ4v) is 1.73. The Kier molecular flexibility index (Phi) is 9.35. The molecule has 0 fully saturated rings. The predicted octanol–water partition coefficient (Wildman–Crippen LogP) is 1.82. The molecule has 86 valence electrons. The van der Waals surface area contributed by atoms with Gasteiger partial charge in [-0.3, -0.25) is 0 Å². The molecule has 0 aromatic heterocycles. The number of rotatable bonds is 9. The summed E-state index contributed by atoms with van der Waals surface area (Å²) in [6.07, 6.45) is 4.83. The molecule has 1 N–H and O–H groups in total. The lowest BCUT2D eigenvalue weighted by Crippen LogP contribution is -2.39. The number of methoxy groups -OCH3 is 2. The second-order valence-electron chi connectivity index (χ2n) is 3.59. The number of ether oxygens (including phenoxy) is 2. The lowest BCUT2D eigenvalue weighted by molar-refractivity contribution is 0.0571. The third-order valence-corrected chi connectivity index (χ3v) is 2.56. The first kappa shape index (κ1) is 13.9. The zero-order valence-electron chi connectivity index (χ0n) is 10.0. The Hall–Kier alpha value is -0.120. The van der Waals surface area contributed by atoms with Crippen LogP contribution in [0.3, 0.4) is 0 Å². The van der Waals surface area contributed by atoms with Crippen LogP contribution in [-0.4, -0.2) is 40.0 Å². The summed E-state index contributed by atoms with van der Waals surface area (Å²) in [6.45, 7) is 3.02. The van der Waals surface area contributed by atoms with Crippen molar-refractivity contribution < 1.29 is 9.47 Å². The molecule has 0 aliphatic heterocycles. The van der Waals surface area contributed by atoms with Crippen molar-refractivity contribution in [3.8, 4) is 0 Å². The molecule has 2 unspecified atom stereocenters. The molecule has 0 spiro atoms. The van der Waals surface area contributed by atoms with E-state index in [9.17, 15) is 0 Å². The summed E-state index contributed by atoms with van der Waals surface area (Å²) in [4.78, 5) is 0. The second kappa shape index (κ2) is 9.44. The molecule has 0 aliphatic carbocycles. The van der Waals surface area contributed by atoms with Crippen molar-refractivity contribution in [2.45, 2.75) is 44.8 Å². The van der Waals surface area contributed by atoms with Gasteiger partial charge in [-0.05, 0) is 26.3 Å². The van der Waals surface area contributed by atoms with Gasteiger partial charge in [0.25, 0.3) is 0 Å².